The Bertz CT molecular complexity index is 975. The molecule has 8 heteroatoms. The molecule has 2 fully saturated rings. The maximum Gasteiger partial charge on any atom is 0.290 e. The number of hydrogen-bond donors (Lipinski definition) is 3. The molecule has 5 rings (SSSR count). The van der Waals surface area contributed by atoms with Crippen LogP contribution in [0.3, 0.4) is 0 Å². The second kappa shape index (κ2) is 8.91. The van der Waals surface area contributed by atoms with Gasteiger partial charge in [-0.05, 0) is 29.0 Å². The smallest absolute Gasteiger partial charge is 0.290 e. The van der Waals surface area contributed by atoms with Gasteiger partial charge in [-0.15, -0.1) is 0 Å². The van der Waals surface area contributed by atoms with E-state index in [1.54, 1.807) is 6.20 Å². The molecular weight excluding hydrogens is 382 g/mol. The monoisotopic (exact) mass is 409 g/mol. The van der Waals surface area contributed by atoms with E-state index in [1.165, 1.54) is 16.3 Å². The Labute approximate surface area is 175 Å². The largest absolute Gasteiger partial charge is 0.483 e. The number of carbonyl (C=O) groups is 1. The second-order valence-corrected chi connectivity index (χ2v) is 8.26. The molecule has 3 N–H and O–H groups in total. The van der Waals surface area contributed by atoms with Crippen LogP contribution in [0.15, 0.2) is 48.9 Å². The number of likely N-dealkylation sites (tertiary alicyclic amines) is 2. The van der Waals surface area contributed by atoms with E-state index in [2.05, 4.69) is 49.2 Å². The SMILES string of the molecule is O=CO.OCC12CN(Cc3ccn[nH]3)CC1CN(Cc1cccc3cnccc13)C2. The number of fused-ring (bicyclic) bond motifs is 2. The average Bonchev–Trinajstić information content (AvgIpc) is 3.44. The Balaban J connectivity index is 0.000000687. The highest BCUT2D eigenvalue weighted by molar-refractivity contribution is 5.84. The fourth-order valence-electron chi connectivity index (χ4n) is 5.05. The molecule has 0 amide bonds. The molecule has 2 aliphatic rings. The normalized spacial score (nSPS) is 23.8. The molecular formula is C22H27N5O3. The average molecular weight is 409 g/mol. The lowest BCUT2D eigenvalue weighted by Gasteiger charge is -2.27. The van der Waals surface area contributed by atoms with Crippen molar-refractivity contribution in [1.29, 1.82) is 0 Å². The number of carboxylic acid groups (broad SMARTS) is 1. The minimum absolute atomic E-state index is 0.00778. The maximum atomic E-state index is 10.2. The summed E-state index contributed by atoms with van der Waals surface area (Å²) in [7, 11) is 0. The van der Waals surface area contributed by atoms with Crippen molar-refractivity contribution in [3.8, 4) is 0 Å². The molecule has 0 spiro atoms. The van der Waals surface area contributed by atoms with Crippen molar-refractivity contribution in [3.63, 3.8) is 0 Å². The van der Waals surface area contributed by atoms with Crippen LogP contribution in [-0.2, 0) is 17.9 Å². The van der Waals surface area contributed by atoms with Gasteiger partial charge in [-0.2, -0.15) is 5.10 Å². The zero-order valence-corrected chi connectivity index (χ0v) is 16.8. The molecule has 158 valence electrons. The summed E-state index contributed by atoms with van der Waals surface area (Å²) in [5.41, 5.74) is 2.48. The molecule has 2 aliphatic heterocycles. The van der Waals surface area contributed by atoms with Crippen LogP contribution in [0.2, 0.25) is 0 Å². The number of aromatic amines is 1. The van der Waals surface area contributed by atoms with Crippen LogP contribution >= 0.6 is 0 Å². The Kier molecular flexibility index (Phi) is 6.08. The van der Waals surface area contributed by atoms with Gasteiger partial charge in [0.15, 0.2) is 0 Å². The molecule has 8 nitrogen and oxygen atoms in total. The van der Waals surface area contributed by atoms with Crippen LogP contribution in [-0.4, -0.2) is 74.5 Å². The van der Waals surface area contributed by atoms with E-state index in [4.69, 9.17) is 9.90 Å². The van der Waals surface area contributed by atoms with Crippen molar-refractivity contribution in [2.75, 3.05) is 32.8 Å². The number of nitrogens with zero attached hydrogens (tertiary/aromatic N) is 4. The summed E-state index contributed by atoms with van der Waals surface area (Å²) in [6, 6.07) is 10.6. The van der Waals surface area contributed by atoms with Crippen LogP contribution in [0, 0.1) is 11.3 Å². The molecule has 30 heavy (non-hydrogen) atoms. The number of hydrogen-bond acceptors (Lipinski definition) is 6. The summed E-state index contributed by atoms with van der Waals surface area (Å²) in [5.74, 6) is 0.516. The highest BCUT2D eigenvalue weighted by Gasteiger charge is 2.51. The molecule has 1 aromatic carbocycles. The predicted octanol–water partition coefficient (Wildman–Crippen LogP) is 1.58. The van der Waals surface area contributed by atoms with Gasteiger partial charge >= 0.3 is 0 Å². The molecule has 2 aromatic heterocycles. The van der Waals surface area contributed by atoms with Gasteiger partial charge < -0.3 is 10.2 Å². The Hall–Kier alpha value is -2.81. The highest BCUT2D eigenvalue weighted by Crippen LogP contribution is 2.43. The number of aliphatic hydroxyl groups is 1. The topological polar surface area (TPSA) is 106 Å². The summed E-state index contributed by atoms with van der Waals surface area (Å²) in [4.78, 5) is 17.6. The molecule has 0 radical (unpaired) electrons. The van der Waals surface area contributed by atoms with Gasteiger partial charge in [0.05, 0.1) is 6.61 Å². The Morgan fingerprint density at radius 2 is 1.90 bits per heavy atom. The molecule has 0 saturated carbocycles. The quantitative estimate of drug-likeness (QED) is 0.550. The van der Waals surface area contributed by atoms with Crippen molar-refractivity contribution in [2.24, 2.45) is 11.3 Å². The van der Waals surface area contributed by atoms with Crippen LogP contribution in [0.5, 0.6) is 0 Å². The van der Waals surface area contributed by atoms with E-state index in [0.717, 1.165) is 45.0 Å². The summed E-state index contributed by atoms with van der Waals surface area (Å²) in [6.07, 6.45) is 5.60. The molecule has 3 aromatic rings. The van der Waals surface area contributed by atoms with Crippen LogP contribution < -0.4 is 0 Å². The third-order valence-electron chi connectivity index (χ3n) is 6.33. The third-order valence-corrected chi connectivity index (χ3v) is 6.33. The number of H-pyrrole nitrogens is 1. The maximum absolute atomic E-state index is 10.2. The van der Waals surface area contributed by atoms with Crippen molar-refractivity contribution in [1.82, 2.24) is 25.0 Å². The van der Waals surface area contributed by atoms with Gasteiger partial charge in [0.1, 0.15) is 0 Å². The first-order valence-corrected chi connectivity index (χ1v) is 10.1. The number of nitrogens with one attached hydrogen (secondary N) is 1. The van der Waals surface area contributed by atoms with Crippen LogP contribution in [0.25, 0.3) is 10.8 Å². The first kappa shape index (κ1) is 20.5. The fourth-order valence-corrected chi connectivity index (χ4v) is 5.05. The molecule has 2 unspecified atom stereocenters. The fraction of sp³-hybridized carbons (Fsp3) is 0.409. The van der Waals surface area contributed by atoms with E-state index in [-0.39, 0.29) is 18.5 Å². The van der Waals surface area contributed by atoms with Crippen LogP contribution in [0.1, 0.15) is 11.3 Å². The van der Waals surface area contributed by atoms with Crippen molar-refractivity contribution in [3.05, 3.63) is 60.2 Å². The van der Waals surface area contributed by atoms with Gasteiger partial charge in [-0.1, -0.05) is 18.2 Å². The molecule has 2 atom stereocenters. The third kappa shape index (κ3) is 4.07. The summed E-state index contributed by atoms with van der Waals surface area (Å²) in [5, 5.41) is 26.7. The van der Waals surface area contributed by atoms with Gasteiger partial charge in [0.25, 0.3) is 6.47 Å². The molecule has 0 aliphatic carbocycles. The number of rotatable bonds is 5. The zero-order chi connectivity index (χ0) is 21.0. The number of aliphatic hydroxyl groups excluding tert-OH is 1. The van der Waals surface area contributed by atoms with Gasteiger partial charge in [-0.25, -0.2) is 0 Å². The lowest BCUT2D eigenvalue weighted by molar-refractivity contribution is -0.122. The van der Waals surface area contributed by atoms with E-state index < -0.39 is 0 Å². The van der Waals surface area contributed by atoms with E-state index in [1.807, 2.05) is 18.5 Å². The van der Waals surface area contributed by atoms with Crippen molar-refractivity contribution < 1.29 is 15.0 Å². The zero-order valence-electron chi connectivity index (χ0n) is 16.8. The minimum atomic E-state index is -0.250. The summed E-state index contributed by atoms with van der Waals surface area (Å²) >= 11 is 0. The minimum Gasteiger partial charge on any atom is -0.483 e. The standard InChI is InChI=1S/C21H25N5O.CH2O2/c27-15-21-13-25(9-17-3-1-2-16-8-22-6-5-20(16)17)10-18(21)11-26(14-21)12-19-4-7-23-24-19;2-1-3/h1-8,18,27H,9-15H2,(H,23,24);1H,(H,2,3). The second-order valence-electron chi connectivity index (χ2n) is 8.26. The van der Waals surface area contributed by atoms with Crippen molar-refractivity contribution >= 4 is 17.2 Å². The summed E-state index contributed by atoms with van der Waals surface area (Å²) in [6.45, 7) is 5.80. The first-order valence-electron chi connectivity index (χ1n) is 10.1. The molecule has 0 bridgehead atoms. The van der Waals surface area contributed by atoms with E-state index in [0.29, 0.717) is 5.92 Å². The van der Waals surface area contributed by atoms with E-state index >= 15 is 0 Å². The lowest BCUT2D eigenvalue weighted by Crippen LogP contribution is -2.36. The number of aromatic nitrogens is 3. The summed E-state index contributed by atoms with van der Waals surface area (Å²) < 4.78 is 0. The highest BCUT2D eigenvalue weighted by atomic mass is 16.3. The van der Waals surface area contributed by atoms with Gasteiger partial charge in [-0.3, -0.25) is 24.7 Å². The first-order chi connectivity index (χ1) is 14.7. The van der Waals surface area contributed by atoms with Crippen molar-refractivity contribution in [2.45, 2.75) is 13.1 Å². The predicted molar refractivity (Wildman–Crippen MR) is 113 cm³/mol. The molecule has 2 saturated heterocycles. The molecule has 4 heterocycles. The van der Waals surface area contributed by atoms with Gasteiger partial charge in [0, 0.05) is 74.4 Å². The Morgan fingerprint density at radius 1 is 1.13 bits per heavy atom. The number of pyridine rings is 1. The van der Waals surface area contributed by atoms with Crippen LogP contribution in [0.4, 0.5) is 0 Å². The van der Waals surface area contributed by atoms with Gasteiger partial charge in [0.2, 0.25) is 0 Å². The van der Waals surface area contributed by atoms with E-state index in [9.17, 15) is 5.11 Å². The Morgan fingerprint density at radius 3 is 2.57 bits per heavy atom. The lowest BCUT2D eigenvalue weighted by atomic mass is 9.82. The number of benzene rings is 1.